The lowest BCUT2D eigenvalue weighted by molar-refractivity contribution is 0.0235. The summed E-state index contributed by atoms with van der Waals surface area (Å²) in [5.41, 5.74) is 2.71. The van der Waals surface area contributed by atoms with E-state index in [1.165, 1.54) is 17.7 Å². The number of aryl methyl sites for hydroxylation is 1. The van der Waals surface area contributed by atoms with Crippen LogP contribution in [-0.2, 0) is 20.6 Å². The fourth-order valence-corrected chi connectivity index (χ4v) is 2.41. The van der Waals surface area contributed by atoms with E-state index < -0.39 is 0 Å². The molecular formula is C16H25NO3. The lowest BCUT2D eigenvalue weighted by atomic mass is 9.96. The molecule has 1 aromatic rings. The quantitative estimate of drug-likeness (QED) is 0.705. The highest BCUT2D eigenvalue weighted by Crippen LogP contribution is 2.25. The third-order valence-electron chi connectivity index (χ3n) is 3.55. The Bertz CT molecular complexity index is 384. The van der Waals surface area contributed by atoms with Gasteiger partial charge in [-0.2, -0.15) is 0 Å². The maximum Gasteiger partial charge on any atom is 0.0701 e. The number of benzene rings is 1. The molecule has 1 aliphatic rings. The molecule has 0 spiro atoms. The van der Waals surface area contributed by atoms with Crippen LogP contribution in [0.15, 0.2) is 24.3 Å². The van der Waals surface area contributed by atoms with Gasteiger partial charge in [0.2, 0.25) is 0 Å². The topological polar surface area (TPSA) is 39.7 Å². The number of para-hydroxylation sites is 1. The minimum Gasteiger partial charge on any atom is -0.382 e. The number of methoxy groups -OCH3 is 1. The molecule has 2 rings (SSSR count). The van der Waals surface area contributed by atoms with Gasteiger partial charge in [-0.1, -0.05) is 18.2 Å². The second-order valence-corrected chi connectivity index (χ2v) is 5.04. The van der Waals surface area contributed by atoms with Crippen molar-refractivity contribution in [3.63, 3.8) is 0 Å². The van der Waals surface area contributed by atoms with E-state index in [4.69, 9.17) is 14.2 Å². The van der Waals surface area contributed by atoms with Crippen molar-refractivity contribution in [2.24, 2.45) is 0 Å². The molecule has 1 N–H and O–H groups in total. The van der Waals surface area contributed by atoms with Crippen molar-refractivity contribution in [1.82, 2.24) is 0 Å². The average molecular weight is 279 g/mol. The Morgan fingerprint density at radius 1 is 1.05 bits per heavy atom. The first-order valence-corrected chi connectivity index (χ1v) is 7.39. The Kier molecular flexibility index (Phi) is 6.84. The maximum absolute atomic E-state index is 5.60. The van der Waals surface area contributed by atoms with Gasteiger partial charge in [-0.15, -0.1) is 0 Å². The Morgan fingerprint density at radius 2 is 1.80 bits per heavy atom. The minimum absolute atomic E-state index is 0.527. The molecule has 1 unspecified atom stereocenters. The van der Waals surface area contributed by atoms with Crippen LogP contribution in [-0.4, -0.2) is 46.2 Å². The van der Waals surface area contributed by atoms with Gasteiger partial charge in [0.05, 0.1) is 26.4 Å². The van der Waals surface area contributed by atoms with Crippen LogP contribution in [0.5, 0.6) is 0 Å². The first-order valence-electron chi connectivity index (χ1n) is 7.39. The van der Waals surface area contributed by atoms with Crippen LogP contribution in [0.3, 0.4) is 0 Å². The number of fused-ring (bicyclic) bond motifs is 1. The highest BCUT2D eigenvalue weighted by Gasteiger charge is 2.16. The van der Waals surface area contributed by atoms with Crippen molar-refractivity contribution in [2.75, 3.05) is 45.5 Å². The van der Waals surface area contributed by atoms with E-state index in [2.05, 4.69) is 29.6 Å². The Hall–Kier alpha value is -1.10. The number of hydrogen-bond donors (Lipinski definition) is 1. The molecule has 20 heavy (non-hydrogen) atoms. The molecule has 1 aliphatic heterocycles. The van der Waals surface area contributed by atoms with Crippen molar-refractivity contribution in [2.45, 2.75) is 25.3 Å². The molecule has 4 heteroatoms. The van der Waals surface area contributed by atoms with Crippen LogP contribution in [0.1, 0.15) is 18.4 Å². The second kappa shape index (κ2) is 8.95. The van der Waals surface area contributed by atoms with Gasteiger partial charge in [-0.05, 0) is 30.9 Å². The fraction of sp³-hybridized carbons (Fsp3) is 0.625. The standard InChI is InChI=1S/C16H25NO3/c1-18-10-11-20-13-12-19-9-8-15-7-6-14-4-2-3-5-16(14)17-15/h2-5,15,17H,6-13H2,1H3. The van der Waals surface area contributed by atoms with Crippen molar-refractivity contribution >= 4 is 5.69 Å². The summed E-state index contributed by atoms with van der Waals surface area (Å²) < 4.78 is 15.8. The summed E-state index contributed by atoms with van der Waals surface area (Å²) in [6.45, 7) is 3.37. The lowest BCUT2D eigenvalue weighted by Crippen LogP contribution is -2.27. The first-order chi connectivity index (χ1) is 9.90. The van der Waals surface area contributed by atoms with Gasteiger partial charge in [-0.3, -0.25) is 0 Å². The van der Waals surface area contributed by atoms with Crippen LogP contribution in [0, 0.1) is 0 Å². The molecule has 0 saturated carbocycles. The average Bonchev–Trinajstić information content (AvgIpc) is 2.50. The molecule has 4 nitrogen and oxygen atoms in total. The van der Waals surface area contributed by atoms with Gasteiger partial charge >= 0.3 is 0 Å². The Morgan fingerprint density at radius 3 is 2.65 bits per heavy atom. The summed E-state index contributed by atoms with van der Waals surface area (Å²) in [5, 5.41) is 3.59. The highest BCUT2D eigenvalue weighted by atomic mass is 16.5. The van der Waals surface area contributed by atoms with E-state index in [0.29, 0.717) is 32.5 Å². The van der Waals surface area contributed by atoms with E-state index in [0.717, 1.165) is 19.4 Å². The van der Waals surface area contributed by atoms with Gasteiger partial charge in [0.1, 0.15) is 0 Å². The summed E-state index contributed by atoms with van der Waals surface area (Å²) in [6, 6.07) is 9.08. The maximum atomic E-state index is 5.60. The van der Waals surface area contributed by atoms with Crippen molar-refractivity contribution < 1.29 is 14.2 Å². The summed E-state index contributed by atoms with van der Waals surface area (Å²) in [6.07, 6.45) is 3.39. The number of rotatable bonds is 9. The molecule has 0 aliphatic carbocycles. The predicted octanol–water partition coefficient (Wildman–Crippen LogP) is 2.48. The molecule has 0 bridgehead atoms. The third kappa shape index (κ3) is 5.12. The van der Waals surface area contributed by atoms with Crippen LogP contribution in [0.4, 0.5) is 5.69 Å². The van der Waals surface area contributed by atoms with Crippen LogP contribution < -0.4 is 5.32 Å². The van der Waals surface area contributed by atoms with Crippen molar-refractivity contribution in [3.05, 3.63) is 29.8 Å². The fourth-order valence-electron chi connectivity index (χ4n) is 2.41. The molecule has 1 heterocycles. The van der Waals surface area contributed by atoms with Gasteiger partial charge < -0.3 is 19.5 Å². The number of anilines is 1. The summed E-state index contributed by atoms with van der Waals surface area (Å²) in [5.74, 6) is 0. The molecule has 0 fully saturated rings. The molecular weight excluding hydrogens is 254 g/mol. The summed E-state index contributed by atoms with van der Waals surface area (Å²) >= 11 is 0. The molecule has 0 saturated heterocycles. The molecule has 0 aromatic heterocycles. The zero-order valence-corrected chi connectivity index (χ0v) is 12.3. The zero-order valence-electron chi connectivity index (χ0n) is 12.3. The third-order valence-corrected chi connectivity index (χ3v) is 3.55. The molecule has 0 radical (unpaired) electrons. The van der Waals surface area contributed by atoms with E-state index in [9.17, 15) is 0 Å². The van der Waals surface area contributed by atoms with E-state index >= 15 is 0 Å². The number of nitrogens with one attached hydrogen (secondary N) is 1. The highest BCUT2D eigenvalue weighted by molar-refractivity contribution is 5.53. The lowest BCUT2D eigenvalue weighted by Gasteiger charge is -2.27. The van der Waals surface area contributed by atoms with Gasteiger partial charge in [0.15, 0.2) is 0 Å². The largest absolute Gasteiger partial charge is 0.382 e. The molecule has 0 amide bonds. The van der Waals surface area contributed by atoms with Crippen LogP contribution in [0.25, 0.3) is 0 Å². The van der Waals surface area contributed by atoms with Gasteiger partial charge in [-0.25, -0.2) is 0 Å². The van der Waals surface area contributed by atoms with Crippen LogP contribution >= 0.6 is 0 Å². The number of ether oxygens (including phenoxy) is 3. The van der Waals surface area contributed by atoms with Gasteiger partial charge in [0.25, 0.3) is 0 Å². The van der Waals surface area contributed by atoms with E-state index in [1.54, 1.807) is 7.11 Å². The summed E-state index contributed by atoms with van der Waals surface area (Å²) in [7, 11) is 1.68. The SMILES string of the molecule is COCCOCCOCCC1CCc2ccccc2N1. The van der Waals surface area contributed by atoms with Crippen molar-refractivity contribution in [3.8, 4) is 0 Å². The summed E-state index contributed by atoms with van der Waals surface area (Å²) in [4.78, 5) is 0. The van der Waals surface area contributed by atoms with E-state index in [-0.39, 0.29) is 0 Å². The van der Waals surface area contributed by atoms with E-state index in [1.807, 2.05) is 0 Å². The monoisotopic (exact) mass is 279 g/mol. The minimum atomic E-state index is 0.527. The first kappa shape index (κ1) is 15.3. The van der Waals surface area contributed by atoms with Crippen LogP contribution in [0.2, 0.25) is 0 Å². The molecule has 1 aromatic carbocycles. The second-order valence-electron chi connectivity index (χ2n) is 5.04. The van der Waals surface area contributed by atoms with Gasteiger partial charge in [0, 0.05) is 25.4 Å². The Labute approximate surface area is 121 Å². The van der Waals surface area contributed by atoms with Crippen molar-refractivity contribution in [1.29, 1.82) is 0 Å². The normalized spacial score (nSPS) is 17.6. The number of hydrogen-bond acceptors (Lipinski definition) is 4. The predicted molar refractivity (Wildman–Crippen MR) is 80.3 cm³/mol. The molecule has 112 valence electrons. The Balaban J connectivity index is 1.53. The smallest absolute Gasteiger partial charge is 0.0701 e. The zero-order chi connectivity index (χ0) is 14.0. The molecule has 1 atom stereocenters.